The van der Waals surface area contributed by atoms with Crippen LogP contribution in [0.4, 0.5) is 0 Å². The highest BCUT2D eigenvalue weighted by Crippen LogP contribution is 2.19. The first-order valence-corrected chi connectivity index (χ1v) is 22.7. The van der Waals surface area contributed by atoms with Gasteiger partial charge in [0.25, 0.3) is 0 Å². The summed E-state index contributed by atoms with van der Waals surface area (Å²) >= 11 is 0. The van der Waals surface area contributed by atoms with Gasteiger partial charge in [0.2, 0.25) is 0 Å². The lowest BCUT2D eigenvalue weighted by Gasteiger charge is -2.18. The Morgan fingerprint density at radius 2 is 0.815 bits per heavy atom. The Hall–Kier alpha value is -2.15. The van der Waals surface area contributed by atoms with Crippen molar-refractivity contribution in [1.29, 1.82) is 0 Å². The Morgan fingerprint density at radius 1 is 0.463 bits per heavy atom. The summed E-state index contributed by atoms with van der Waals surface area (Å²) in [4.78, 5) is 39.1. The van der Waals surface area contributed by atoms with Crippen LogP contribution < -0.4 is 0 Å². The summed E-state index contributed by atoms with van der Waals surface area (Å²) in [6.07, 6.45) is 39.8. The molecule has 0 fully saturated rings. The molecule has 2 unspecified atom stereocenters. The first-order chi connectivity index (χ1) is 26.2. The van der Waals surface area contributed by atoms with Gasteiger partial charge in [-0.05, 0) is 117 Å². The molecule has 0 heterocycles. The highest BCUT2D eigenvalue weighted by molar-refractivity contribution is 5.70. The lowest BCUT2D eigenvalue weighted by Crippen LogP contribution is -2.20. The van der Waals surface area contributed by atoms with E-state index in [0.717, 1.165) is 103 Å². The van der Waals surface area contributed by atoms with Crippen molar-refractivity contribution >= 4 is 17.9 Å². The smallest absolute Gasteiger partial charge is 0.306 e. The third-order valence-electron chi connectivity index (χ3n) is 10.00. The molecule has 0 aliphatic heterocycles. The van der Waals surface area contributed by atoms with Gasteiger partial charge in [-0.2, -0.15) is 0 Å². The number of allylic oxidation sites excluding steroid dienone is 2. The molecule has 316 valence electrons. The molecule has 54 heavy (non-hydrogen) atoms. The zero-order valence-electron chi connectivity index (χ0n) is 36.4. The van der Waals surface area contributed by atoms with Gasteiger partial charge in [0.1, 0.15) is 18.3 Å². The number of carbonyl (C=O) groups is 3. The van der Waals surface area contributed by atoms with Gasteiger partial charge in [-0.1, -0.05) is 129 Å². The number of esters is 3. The van der Waals surface area contributed by atoms with Gasteiger partial charge in [-0.3, -0.25) is 14.4 Å². The van der Waals surface area contributed by atoms with Gasteiger partial charge in [0.05, 0.1) is 0 Å². The van der Waals surface area contributed by atoms with E-state index in [-0.39, 0.29) is 36.2 Å². The van der Waals surface area contributed by atoms with Crippen LogP contribution in [-0.4, -0.2) is 61.8 Å². The molecule has 0 aliphatic carbocycles. The molecule has 0 aliphatic rings. The third kappa shape index (κ3) is 38.1. The van der Waals surface area contributed by atoms with Gasteiger partial charge >= 0.3 is 17.9 Å². The number of carbonyl (C=O) groups excluding carboxylic acids is 3. The average Bonchev–Trinajstić information content (AvgIpc) is 3.12. The number of rotatable bonds is 39. The Morgan fingerprint density at radius 3 is 1.22 bits per heavy atom. The molecule has 0 N–H and O–H groups in total. The summed E-state index contributed by atoms with van der Waals surface area (Å²) in [7, 11) is 4.06. The molecule has 0 saturated carbocycles. The van der Waals surface area contributed by atoms with E-state index in [1.807, 2.05) is 40.1 Å². The Labute approximate surface area is 334 Å². The lowest BCUT2D eigenvalue weighted by atomic mass is 10.0. The van der Waals surface area contributed by atoms with Crippen molar-refractivity contribution in [3.8, 4) is 0 Å². The Balaban J connectivity index is 4.14. The second kappa shape index (κ2) is 39.1. The average molecular weight is 762 g/mol. The molecular weight excluding hydrogens is 675 g/mol. The van der Waals surface area contributed by atoms with Crippen LogP contribution in [0.1, 0.15) is 220 Å². The minimum absolute atomic E-state index is 0.0190. The van der Waals surface area contributed by atoms with E-state index in [1.54, 1.807) is 0 Å². The molecule has 7 nitrogen and oxygen atoms in total. The molecule has 2 atom stereocenters. The highest BCUT2D eigenvalue weighted by atomic mass is 16.5. The van der Waals surface area contributed by atoms with Gasteiger partial charge in [0.15, 0.2) is 0 Å². The second-order valence-corrected chi connectivity index (χ2v) is 16.0. The SMILES string of the molecule is CCCCCCC=CC(C)OC(=O)CCCCCCCCCC(CCCCCCCCCC(=O)OC(C)C=CCCCCCC)OC(=O)CCCN(C)C. The van der Waals surface area contributed by atoms with Crippen LogP contribution >= 0.6 is 0 Å². The van der Waals surface area contributed by atoms with Crippen LogP contribution in [0.25, 0.3) is 0 Å². The second-order valence-electron chi connectivity index (χ2n) is 16.0. The van der Waals surface area contributed by atoms with E-state index in [2.05, 4.69) is 30.9 Å². The predicted molar refractivity (Wildman–Crippen MR) is 228 cm³/mol. The fourth-order valence-electron chi connectivity index (χ4n) is 6.66. The Kier molecular flexibility index (Phi) is 37.5. The van der Waals surface area contributed by atoms with Crippen molar-refractivity contribution in [3.05, 3.63) is 24.3 Å². The highest BCUT2D eigenvalue weighted by Gasteiger charge is 2.15. The number of ether oxygens (including phenoxy) is 3. The van der Waals surface area contributed by atoms with E-state index < -0.39 is 0 Å². The summed E-state index contributed by atoms with van der Waals surface area (Å²) in [6, 6.07) is 0. The quantitative estimate of drug-likeness (QED) is 0.0267. The van der Waals surface area contributed by atoms with Crippen molar-refractivity contribution in [1.82, 2.24) is 4.90 Å². The van der Waals surface area contributed by atoms with Crippen LogP contribution in [0, 0.1) is 0 Å². The molecule has 7 heteroatoms. The number of hydrogen-bond donors (Lipinski definition) is 0. The molecule has 0 spiro atoms. The van der Waals surface area contributed by atoms with Crippen molar-refractivity contribution < 1.29 is 28.6 Å². The van der Waals surface area contributed by atoms with E-state index in [9.17, 15) is 14.4 Å². The van der Waals surface area contributed by atoms with Crippen LogP contribution in [-0.2, 0) is 28.6 Å². The van der Waals surface area contributed by atoms with Crippen molar-refractivity contribution in [2.75, 3.05) is 20.6 Å². The molecular formula is C47H87NO6. The topological polar surface area (TPSA) is 82.1 Å². The zero-order chi connectivity index (χ0) is 39.9. The minimum Gasteiger partial charge on any atom is -0.462 e. The maximum atomic E-state index is 12.6. The first kappa shape index (κ1) is 51.9. The summed E-state index contributed by atoms with van der Waals surface area (Å²) in [5.41, 5.74) is 0. The number of nitrogens with zero attached hydrogens (tertiary/aromatic N) is 1. The maximum absolute atomic E-state index is 12.6. The molecule has 0 saturated heterocycles. The van der Waals surface area contributed by atoms with Crippen LogP contribution in [0.15, 0.2) is 24.3 Å². The van der Waals surface area contributed by atoms with Gasteiger partial charge in [0, 0.05) is 19.3 Å². The molecule has 0 aromatic rings. The fraction of sp³-hybridized carbons (Fsp3) is 0.851. The molecule has 0 radical (unpaired) electrons. The molecule has 0 rings (SSSR count). The van der Waals surface area contributed by atoms with Crippen molar-refractivity contribution in [3.63, 3.8) is 0 Å². The first-order valence-electron chi connectivity index (χ1n) is 22.7. The number of hydrogen-bond acceptors (Lipinski definition) is 7. The number of unbranched alkanes of at least 4 members (excludes halogenated alkanes) is 20. The summed E-state index contributed by atoms with van der Waals surface area (Å²) < 4.78 is 17.1. The summed E-state index contributed by atoms with van der Waals surface area (Å²) in [6.45, 7) is 9.23. The minimum atomic E-state index is -0.142. The van der Waals surface area contributed by atoms with Crippen LogP contribution in [0.3, 0.4) is 0 Å². The van der Waals surface area contributed by atoms with Crippen LogP contribution in [0.5, 0.6) is 0 Å². The fourth-order valence-corrected chi connectivity index (χ4v) is 6.66. The Bertz CT molecular complexity index is 871. The van der Waals surface area contributed by atoms with Crippen LogP contribution in [0.2, 0.25) is 0 Å². The third-order valence-corrected chi connectivity index (χ3v) is 10.00. The molecule has 0 aromatic heterocycles. The largest absolute Gasteiger partial charge is 0.462 e. The standard InChI is InChI=1S/C47H87NO6/c1-7-9-11-13-21-27-34-42(3)52-45(49)38-31-25-19-15-17-23-29-36-44(54-47(51)40-33-41-48(5)6)37-30-24-18-16-20-26-32-39-46(50)53-43(4)35-28-22-14-12-10-8-2/h27-28,34-35,42-44H,7-26,29-33,36-41H2,1-6H3. The van der Waals surface area contributed by atoms with Crippen molar-refractivity contribution in [2.45, 2.75) is 239 Å². The van der Waals surface area contributed by atoms with E-state index >= 15 is 0 Å². The van der Waals surface area contributed by atoms with Gasteiger partial charge in [-0.15, -0.1) is 0 Å². The van der Waals surface area contributed by atoms with E-state index in [4.69, 9.17) is 14.2 Å². The molecule has 0 aromatic carbocycles. The van der Waals surface area contributed by atoms with Crippen molar-refractivity contribution in [2.24, 2.45) is 0 Å². The van der Waals surface area contributed by atoms with E-state index in [1.165, 1.54) is 77.0 Å². The maximum Gasteiger partial charge on any atom is 0.306 e. The molecule has 0 amide bonds. The monoisotopic (exact) mass is 762 g/mol. The predicted octanol–water partition coefficient (Wildman–Crippen LogP) is 13.2. The summed E-state index contributed by atoms with van der Waals surface area (Å²) in [5, 5.41) is 0. The zero-order valence-corrected chi connectivity index (χ0v) is 36.4. The normalized spacial score (nSPS) is 13.5. The van der Waals surface area contributed by atoms with Gasteiger partial charge in [-0.25, -0.2) is 0 Å². The lowest BCUT2D eigenvalue weighted by molar-refractivity contribution is -0.150. The van der Waals surface area contributed by atoms with Gasteiger partial charge < -0.3 is 19.1 Å². The summed E-state index contributed by atoms with van der Waals surface area (Å²) in [5.74, 6) is -0.229. The van der Waals surface area contributed by atoms with E-state index in [0.29, 0.717) is 19.3 Å². The molecule has 0 bridgehead atoms.